The Labute approximate surface area is 156 Å². The number of rotatable bonds is 6. The zero-order chi connectivity index (χ0) is 18.4. The monoisotopic (exact) mass is 391 g/mol. The van der Waals surface area contributed by atoms with E-state index in [1.54, 1.807) is 6.07 Å². The van der Waals surface area contributed by atoms with Crippen LogP contribution in [0.1, 0.15) is 24.5 Å². The minimum atomic E-state index is -3.79. The van der Waals surface area contributed by atoms with Crippen molar-refractivity contribution in [1.29, 1.82) is 0 Å². The second-order valence-electron chi connectivity index (χ2n) is 6.67. The molecule has 3 aromatic rings. The molecule has 8 heteroatoms. The van der Waals surface area contributed by atoms with Crippen molar-refractivity contribution in [2.75, 3.05) is 6.54 Å². The lowest BCUT2D eigenvalue weighted by molar-refractivity contribution is 0.0953. The molecule has 0 radical (unpaired) electrons. The molecule has 0 amide bonds. The summed E-state index contributed by atoms with van der Waals surface area (Å²) in [6, 6.07) is 10.9. The molecule has 1 saturated carbocycles. The van der Waals surface area contributed by atoms with Gasteiger partial charge in [-0.3, -0.25) is 0 Å². The van der Waals surface area contributed by atoms with Crippen LogP contribution in [0.25, 0.3) is 11.0 Å². The molecule has 2 heterocycles. The molecule has 3 N–H and O–H groups in total. The molecule has 1 aliphatic carbocycles. The molecule has 26 heavy (non-hydrogen) atoms. The highest BCUT2D eigenvalue weighted by atomic mass is 35.5. The van der Waals surface area contributed by atoms with E-state index in [1.165, 1.54) is 12.4 Å². The fraction of sp³-hybridized carbons (Fsp3) is 0.278. The van der Waals surface area contributed by atoms with Gasteiger partial charge in [0.1, 0.15) is 10.5 Å². The van der Waals surface area contributed by atoms with E-state index >= 15 is 0 Å². The van der Waals surface area contributed by atoms with Crippen LogP contribution in [0.3, 0.4) is 0 Å². The maximum atomic E-state index is 12.8. The van der Waals surface area contributed by atoms with Crippen LogP contribution in [0.4, 0.5) is 0 Å². The topological polar surface area (TPSA) is 95.1 Å². The van der Waals surface area contributed by atoms with Crippen molar-refractivity contribution in [3.05, 3.63) is 59.4 Å². The smallest absolute Gasteiger partial charge is 0.242 e. The fourth-order valence-corrected chi connectivity index (χ4v) is 4.84. The third kappa shape index (κ3) is 3.01. The Balaban J connectivity index is 1.57. The zero-order valence-electron chi connectivity index (χ0n) is 13.8. The summed E-state index contributed by atoms with van der Waals surface area (Å²) in [7, 11) is -3.79. The third-order valence-corrected chi connectivity index (χ3v) is 6.72. The Morgan fingerprint density at radius 2 is 2.00 bits per heavy atom. The number of halogens is 1. The highest BCUT2D eigenvalue weighted by Gasteiger charge is 2.50. The average molecular weight is 392 g/mol. The number of aliphatic hydroxyl groups excluding tert-OH is 1. The number of aliphatic hydroxyl groups is 1. The molecule has 6 nitrogen and oxygen atoms in total. The summed E-state index contributed by atoms with van der Waals surface area (Å²) >= 11 is 6.15. The first-order chi connectivity index (χ1) is 12.4. The molecule has 0 unspecified atom stereocenters. The summed E-state index contributed by atoms with van der Waals surface area (Å²) in [5.41, 5.74) is 0.745. The number of aromatic nitrogens is 2. The second kappa shape index (κ2) is 6.35. The van der Waals surface area contributed by atoms with Crippen LogP contribution in [0, 0.1) is 5.41 Å². The number of hydrogen-bond donors (Lipinski definition) is 3. The van der Waals surface area contributed by atoms with Gasteiger partial charge in [0.15, 0.2) is 0 Å². The number of nitrogens with zero attached hydrogens (tertiary/aromatic N) is 1. The first kappa shape index (κ1) is 17.5. The van der Waals surface area contributed by atoms with Crippen molar-refractivity contribution < 1.29 is 13.5 Å². The number of H-pyrrole nitrogens is 1. The van der Waals surface area contributed by atoms with E-state index < -0.39 is 21.5 Å². The lowest BCUT2D eigenvalue weighted by Crippen LogP contribution is -2.33. The number of aromatic amines is 1. The molecule has 2 aromatic heterocycles. The quantitative estimate of drug-likeness (QED) is 0.602. The third-order valence-electron chi connectivity index (χ3n) is 4.98. The Morgan fingerprint density at radius 3 is 2.69 bits per heavy atom. The van der Waals surface area contributed by atoms with E-state index in [9.17, 15) is 13.5 Å². The second-order valence-corrected chi connectivity index (χ2v) is 8.81. The summed E-state index contributed by atoms with van der Waals surface area (Å²) in [4.78, 5) is 6.99. The van der Waals surface area contributed by atoms with E-state index in [2.05, 4.69) is 14.7 Å². The Morgan fingerprint density at radius 1 is 1.27 bits per heavy atom. The minimum absolute atomic E-state index is 0.0654. The van der Waals surface area contributed by atoms with Crippen LogP contribution < -0.4 is 4.72 Å². The molecule has 136 valence electrons. The molecule has 4 rings (SSSR count). The van der Waals surface area contributed by atoms with Crippen LogP contribution in [0.2, 0.25) is 5.02 Å². The van der Waals surface area contributed by atoms with Crippen LogP contribution in [0.5, 0.6) is 0 Å². The number of fused-ring (bicyclic) bond motifs is 1. The van der Waals surface area contributed by atoms with E-state index in [0.29, 0.717) is 16.1 Å². The van der Waals surface area contributed by atoms with Gasteiger partial charge in [-0.2, -0.15) is 0 Å². The normalized spacial score (nSPS) is 17.3. The summed E-state index contributed by atoms with van der Waals surface area (Å²) in [6.07, 6.45) is 3.72. The Bertz CT molecular complexity index is 1050. The van der Waals surface area contributed by atoms with Crippen molar-refractivity contribution in [3.63, 3.8) is 0 Å². The van der Waals surface area contributed by atoms with Crippen LogP contribution >= 0.6 is 11.6 Å². The molecule has 0 spiro atoms. The number of pyridine rings is 1. The van der Waals surface area contributed by atoms with Gasteiger partial charge in [-0.25, -0.2) is 18.1 Å². The van der Waals surface area contributed by atoms with Gasteiger partial charge in [-0.15, -0.1) is 0 Å². The molecule has 0 saturated heterocycles. The van der Waals surface area contributed by atoms with Gasteiger partial charge in [0.05, 0.1) is 16.5 Å². The number of benzene rings is 1. The van der Waals surface area contributed by atoms with E-state index in [4.69, 9.17) is 11.6 Å². The molecule has 0 aliphatic heterocycles. The number of sulfonamides is 1. The molecule has 1 aliphatic rings. The van der Waals surface area contributed by atoms with Gasteiger partial charge in [0.2, 0.25) is 10.0 Å². The maximum Gasteiger partial charge on any atom is 0.242 e. The van der Waals surface area contributed by atoms with E-state index in [0.717, 1.165) is 18.4 Å². The van der Waals surface area contributed by atoms with Gasteiger partial charge in [-0.1, -0.05) is 41.9 Å². The molecular weight excluding hydrogens is 374 g/mol. The van der Waals surface area contributed by atoms with Crippen LogP contribution in [-0.2, 0) is 10.0 Å². The van der Waals surface area contributed by atoms with Crippen LogP contribution in [0.15, 0.2) is 53.7 Å². The Kier molecular flexibility index (Phi) is 4.27. The summed E-state index contributed by atoms with van der Waals surface area (Å²) in [6.45, 7) is 0.163. The van der Waals surface area contributed by atoms with Gasteiger partial charge in [0.25, 0.3) is 0 Å². The summed E-state index contributed by atoms with van der Waals surface area (Å²) in [5, 5.41) is 11.4. The van der Waals surface area contributed by atoms with Gasteiger partial charge < -0.3 is 10.1 Å². The van der Waals surface area contributed by atoms with Gasteiger partial charge in [0, 0.05) is 24.4 Å². The molecule has 1 atom stereocenters. The number of nitrogens with one attached hydrogen (secondary N) is 2. The van der Waals surface area contributed by atoms with Gasteiger partial charge in [-0.05, 0) is 24.5 Å². The minimum Gasteiger partial charge on any atom is -0.388 e. The Hall–Kier alpha value is -1.93. The lowest BCUT2D eigenvalue weighted by Gasteiger charge is -2.23. The first-order valence-corrected chi connectivity index (χ1v) is 10.1. The van der Waals surface area contributed by atoms with E-state index in [1.807, 2.05) is 30.3 Å². The highest BCUT2D eigenvalue weighted by Crippen LogP contribution is 2.54. The molecule has 0 bridgehead atoms. The van der Waals surface area contributed by atoms with Crippen molar-refractivity contribution in [2.24, 2.45) is 5.41 Å². The average Bonchev–Trinajstić information content (AvgIpc) is 3.30. The zero-order valence-corrected chi connectivity index (χ0v) is 15.4. The SMILES string of the molecule is O=S(=O)(NCC1([C@H](O)c2ccccc2)CC1)c1c[nH]c2nccc(Cl)c12. The van der Waals surface area contributed by atoms with Crippen molar-refractivity contribution in [1.82, 2.24) is 14.7 Å². The fourth-order valence-electron chi connectivity index (χ4n) is 3.21. The van der Waals surface area contributed by atoms with Crippen LogP contribution in [-0.4, -0.2) is 30.0 Å². The largest absolute Gasteiger partial charge is 0.388 e. The van der Waals surface area contributed by atoms with E-state index in [-0.39, 0.29) is 11.4 Å². The first-order valence-electron chi connectivity index (χ1n) is 8.27. The lowest BCUT2D eigenvalue weighted by atomic mass is 9.93. The van der Waals surface area contributed by atoms with Gasteiger partial charge >= 0.3 is 0 Å². The standard InChI is InChI=1S/C18H18ClN3O3S/c19-13-6-9-20-17-15(13)14(10-21-17)26(24,25)22-11-18(7-8-18)16(23)12-4-2-1-3-5-12/h1-6,9-10,16,22-23H,7-8,11H2,(H,20,21)/t16-/m1/s1. The highest BCUT2D eigenvalue weighted by molar-refractivity contribution is 7.89. The van der Waals surface area contributed by atoms with Crippen molar-refractivity contribution in [3.8, 4) is 0 Å². The summed E-state index contributed by atoms with van der Waals surface area (Å²) in [5.74, 6) is 0. The molecule has 1 aromatic carbocycles. The van der Waals surface area contributed by atoms with Crippen molar-refractivity contribution >= 4 is 32.7 Å². The predicted molar refractivity (Wildman–Crippen MR) is 99.4 cm³/mol. The molecular formula is C18H18ClN3O3S. The molecule has 1 fully saturated rings. The summed E-state index contributed by atoms with van der Waals surface area (Å²) < 4.78 is 28.2. The predicted octanol–water partition coefficient (Wildman–Crippen LogP) is 3.01. The number of hydrogen-bond acceptors (Lipinski definition) is 4. The maximum absolute atomic E-state index is 12.8. The van der Waals surface area contributed by atoms with Crippen molar-refractivity contribution in [2.45, 2.75) is 23.8 Å².